The number of nitrogens with one attached hydrogen (secondary N) is 1. The molecule has 2 aliphatic rings. The smallest absolute Gasteiger partial charge is 0.0235 e. The highest BCUT2D eigenvalue weighted by molar-refractivity contribution is 9.10. The molecule has 1 aromatic carbocycles. The summed E-state index contributed by atoms with van der Waals surface area (Å²) in [4.78, 5) is 2.61. The highest BCUT2D eigenvalue weighted by Crippen LogP contribution is 2.26. The lowest BCUT2D eigenvalue weighted by molar-refractivity contribution is 0.312. The third kappa shape index (κ3) is 2.63. The Kier molecular flexibility index (Phi) is 3.73. The normalized spacial score (nSPS) is 28.3. The Balaban J connectivity index is 1.64. The summed E-state index contributed by atoms with van der Waals surface area (Å²) in [6, 6.07) is 7.47. The molecule has 2 fully saturated rings. The predicted molar refractivity (Wildman–Crippen MR) is 78.7 cm³/mol. The van der Waals surface area contributed by atoms with Crippen LogP contribution in [0.25, 0.3) is 0 Å². The third-order valence-electron chi connectivity index (χ3n) is 4.30. The topological polar surface area (TPSA) is 15.3 Å². The molecule has 98 valence electrons. The maximum Gasteiger partial charge on any atom is 0.0235 e. The van der Waals surface area contributed by atoms with Crippen molar-refractivity contribution in [3.05, 3.63) is 33.8 Å². The van der Waals surface area contributed by atoms with E-state index in [0.29, 0.717) is 0 Å². The van der Waals surface area contributed by atoms with Gasteiger partial charge in [-0.15, -0.1) is 0 Å². The van der Waals surface area contributed by atoms with Gasteiger partial charge in [0.2, 0.25) is 0 Å². The monoisotopic (exact) mass is 308 g/mol. The van der Waals surface area contributed by atoms with Crippen molar-refractivity contribution in [3.63, 3.8) is 0 Å². The van der Waals surface area contributed by atoms with E-state index >= 15 is 0 Å². The minimum atomic E-state index is 0.746. The Hall–Kier alpha value is -0.380. The van der Waals surface area contributed by atoms with Crippen LogP contribution in [0, 0.1) is 12.8 Å². The molecule has 2 nitrogen and oxygen atoms in total. The van der Waals surface area contributed by atoms with Gasteiger partial charge in [0.05, 0.1) is 0 Å². The number of hydrogen-bond donors (Lipinski definition) is 1. The minimum Gasteiger partial charge on any atom is -0.312 e. The van der Waals surface area contributed by atoms with Crippen LogP contribution in [0.3, 0.4) is 0 Å². The molecule has 3 rings (SSSR count). The Labute approximate surface area is 118 Å². The summed E-state index contributed by atoms with van der Waals surface area (Å²) in [6.07, 6.45) is 2.76. The number of piperidine rings is 1. The van der Waals surface area contributed by atoms with Gasteiger partial charge in [-0.25, -0.2) is 0 Å². The van der Waals surface area contributed by atoms with Crippen molar-refractivity contribution >= 4 is 15.9 Å². The molecule has 2 aliphatic heterocycles. The molecule has 2 unspecified atom stereocenters. The lowest BCUT2D eigenvalue weighted by atomic mass is 9.94. The van der Waals surface area contributed by atoms with Crippen molar-refractivity contribution in [3.8, 4) is 0 Å². The fourth-order valence-electron chi connectivity index (χ4n) is 3.33. The van der Waals surface area contributed by atoms with Crippen LogP contribution >= 0.6 is 15.9 Å². The Morgan fingerprint density at radius 3 is 3.06 bits per heavy atom. The van der Waals surface area contributed by atoms with Gasteiger partial charge in [0.1, 0.15) is 0 Å². The molecule has 0 spiro atoms. The summed E-state index contributed by atoms with van der Waals surface area (Å²) >= 11 is 3.57. The largest absolute Gasteiger partial charge is 0.312 e. The van der Waals surface area contributed by atoms with E-state index in [9.17, 15) is 0 Å². The molecule has 18 heavy (non-hydrogen) atoms. The number of rotatable bonds is 2. The van der Waals surface area contributed by atoms with Crippen molar-refractivity contribution in [2.75, 3.05) is 19.6 Å². The van der Waals surface area contributed by atoms with Crippen molar-refractivity contribution in [2.24, 2.45) is 5.92 Å². The van der Waals surface area contributed by atoms with Gasteiger partial charge in [-0.2, -0.15) is 0 Å². The summed E-state index contributed by atoms with van der Waals surface area (Å²) in [5.74, 6) is 0.885. The van der Waals surface area contributed by atoms with Gasteiger partial charge in [-0.1, -0.05) is 28.1 Å². The number of fused-ring (bicyclic) bond motifs is 1. The molecule has 0 amide bonds. The zero-order valence-corrected chi connectivity index (χ0v) is 12.5. The van der Waals surface area contributed by atoms with Crippen LogP contribution in [0.1, 0.15) is 24.0 Å². The Morgan fingerprint density at radius 1 is 1.39 bits per heavy atom. The van der Waals surface area contributed by atoms with Crippen molar-refractivity contribution < 1.29 is 0 Å². The molecule has 0 saturated carbocycles. The second-order valence-corrected chi connectivity index (χ2v) is 6.59. The summed E-state index contributed by atoms with van der Waals surface area (Å²) in [5.41, 5.74) is 2.77. The molecule has 2 saturated heterocycles. The van der Waals surface area contributed by atoms with Crippen molar-refractivity contribution in [1.29, 1.82) is 0 Å². The fraction of sp³-hybridized carbons (Fsp3) is 0.600. The number of hydrogen-bond acceptors (Lipinski definition) is 2. The lowest BCUT2D eigenvalue weighted by Gasteiger charge is -2.24. The fourth-order valence-corrected chi connectivity index (χ4v) is 3.58. The molecule has 2 atom stereocenters. The standard InChI is InChI=1S/C15H21BrN2/c1-11-7-12(4-5-14(11)16)8-18-9-13-3-2-6-17-15(13)10-18/h4-5,7,13,15,17H,2-3,6,8-10H2,1H3. The molecule has 3 heteroatoms. The molecule has 0 radical (unpaired) electrons. The molecule has 2 heterocycles. The average Bonchev–Trinajstić information content (AvgIpc) is 2.76. The summed E-state index contributed by atoms with van der Waals surface area (Å²) in [5, 5.41) is 3.67. The number of halogens is 1. The van der Waals surface area contributed by atoms with Crippen LogP contribution in [0.15, 0.2) is 22.7 Å². The van der Waals surface area contributed by atoms with Gasteiger partial charge in [0, 0.05) is 30.1 Å². The van der Waals surface area contributed by atoms with E-state index in [0.717, 1.165) is 18.5 Å². The van der Waals surface area contributed by atoms with Gasteiger partial charge in [-0.3, -0.25) is 4.90 Å². The number of nitrogens with zero attached hydrogens (tertiary/aromatic N) is 1. The second-order valence-electron chi connectivity index (χ2n) is 5.74. The van der Waals surface area contributed by atoms with E-state index < -0.39 is 0 Å². The zero-order valence-electron chi connectivity index (χ0n) is 11.0. The van der Waals surface area contributed by atoms with E-state index in [-0.39, 0.29) is 0 Å². The maximum atomic E-state index is 3.67. The van der Waals surface area contributed by atoms with Crippen molar-refractivity contribution in [1.82, 2.24) is 10.2 Å². The van der Waals surface area contributed by atoms with E-state index in [2.05, 4.69) is 51.3 Å². The van der Waals surface area contributed by atoms with E-state index in [1.54, 1.807) is 0 Å². The summed E-state index contributed by atoms with van der Waals surface area (Å²) in [6.45, 7) is 6.97. The first kappa shape index (κ1) is 12.6. The highest BCUT2D eigenvalue weighted by atomic mass is 79.9. The predicted octanol–water partition coefficient (Wildman–Crippen LogP) is 2.94. The van der Waals surface area contributed by atoms with Crippen LogP contribution < -0.4 is 5.32 Å². The number of benzene rings is 1. The first-order valence-electron chi connectivity index (χ1n) is 6.93. The zero-order chi connectivity index (χ0) is 12.5. The summed E-state index contributed by atoms with van der Waals surface area (Å²) in [7, 11) is 0. The molecule has 1 N–H and O–H groups in total. The third-order valence-corrected chi connectivity index (χ3v) is 5.19. The molecule has 1 aromatic rings. The first-order chi connectivity index (χ1) is 8.72. The van der Waals surface area contributed by atoms with Crippen molar-refractivity contribution in [2.45, 2.75) is 32.4 Å². The first-order valence-corrected chi connectivity index (χ1v) is 7.72. The molecule has 0 aliphatic carbocycles. The molecular weight excluding hydrogens is 288 g/mol. The lowest BCUT2D eigenvalue weighted by Crippen LogP contribution is -2.40. The summed E-state index contributed by atoms with van der Waals surface area (Å²) < 4.78 is 1.21. The van der Waals surface area contributed by atoms with Gasteiger partial charge in [-0.05, 0) is 49.4 Å². The highest BCUT2D eigenvalue weighted by Gasteiger charge is 2.33. The average molecular weight is 309 g/mol. The molecular formula is C15H21BrN2. The van der Waals surface area contributed by atoms with Gasteiger partial charge >= 0.3 is 0 Å². The molecule has 0 bridgehead atoms. The van der Waals surface area contributed by atoms with E-state index in [1.165, 1.54) is 48.1 Å². The SMILES string of the molecule is Cc1cc(CN2CC3CCCNC3C2)ccc1Br. The number of likely N-dealkylation sites (tertiary alicyclic amines) is 1. The Morgan fingerprint density at radius 2 is 2.28 bits per heavy atom. The van der Waals surface area contributed by atoms with Gasteiger partial charge in [0.25, 0.3) is 0 Å². The Bertz CT molecular complexity index is 419. The van der Waals surface area contributed by atoms with Crippen LogP contribution in [-0.2, 0) is 6.54 Å². The maximum absolute atomic E-state index is 3.67. The van der Waals surface area contributed by atoms with Gasteiger partial charge < -0.3 is 5.32 Å². The van der Waals surface area contributed by atoms with Crippen LogP contribution in [-0.4, -0.2) is 30.6 Å². The number of aryl methyl sites for hydroxylation is 1. The van der Waals surface area contributed by atoms with Crippen LogP contribution in [0.5, 0.6) is 0 Å². The molecule has 0 aromatic heterocycles. The quantitative estimate of drug-likeness (QED) is 0.903. The van der Waals surface area contributed by atoms with Crippen LogP contribution in [0.2, 0.25) is 0 Å². The minimum absolute atomic E-state index is 0.746. The van der Waals surface area contributed by atoms with E-state index in [1.807, 2.05) is 0 Å². The van der Waals surface area contributed by atoms with E-state index in [4.69, 9.17) is 0 Å². The van der Waals surface area contributed by atoms with Crippen LogP contribution in [0.4, 0.5) is 0 Å². The van der Waals surface area contributed by atoms with Gasteiger partial charge in [0.15, 0.2) is 0 Å². The second kappa shape index (κ2) is 5.32.